The van der Waals surface area contributed by atoms with Gasteiger partial charge in [0.2, 0.25) is 0 Å². The van der Waals surface area contributed by atoms with Crippen molar-refractivity contribution >= 4 is 22.9 Å². The van der Waals surface area contributed by atoms with Gasteiger partial charge >= 0.3 is 0 Å². The summed E-state index contributed by atoms with van der Waals surface area (Å²) in [5.74, 6) is -0.249. The molecule has 0 N–H and O–H groups in total. The van der Waals surface area contributed by atoms with Crippen LogP contribution in [-0.4, -0.2) is 4.98 Å². The second kappa shape index (κ2) is 5.11. The summed E-state index contributed by atoms with van der Waals surface area (Å²) in [4.78, 5) is 5.32. The number of thiazole rings is 1. The Hall–Kier alpha value is -1.71. The molecule has 0 amide bonds. The van der Waals surface area contributed by atoms with E-state index in [1.54, 1.807) is 12.1 Å². The predicted octanol–water partition coefficient (Wildman–Crippen LogP) is 5.27. The molecule has 0 unspecified atom stereocenters. The Kier molecular flexibility index (Phi) is 3.32. The molecule has 3 aromatic rings. The summed E-state index contributed by atoms with van der Waals surface area (Å²) in [6, 6.07) is 16.2. The molecule has 0 aliphatic carbocycles. The minimum atomic E-state index is -0.249. The third kappa shape index (κ3) is 2.53. The highest BCUT2D eigenvalue weighted by Crippen LogP contribution is 2.38. The minimum absolute atomic E-state index is 0.249. The maximum Gasteiger partial charge on any atom is 0.184 e. The number of benzene rings is 2. The van der Waals surface area contributed by atoms with E-state index in [-0.39, 0.29) is 5.82 Å². The molecule has 94 valence electrons. The van der Waals surface area contributed by atoms with Crippen LogP contribution in [0.15, 0.2) is 54.6 Å². The zero-order chi connectivity index (χ0) is 13.2. The third-order valence-electron chi connectivity index (χ3n) is 2.75. The average molecular weight is 290 g/mol. The van der Waals surface area contributed by atoms with Crippen LogP contribution in [0.4, 0.5) is 4.39 Å². The lowest BCUT2D eigenvalue weighted by atomic mass is 10.1. The minimum Gasteiger partial charge on any atom is -0.224 e. The Balaban J connectivity index is 2.15. The van der Waals surface area contributed by atoms with Gasteiger partial charge in [-0.25, -0.2) is 9.37 Å². The van der Waals surface area contributed by atoms with Crippen LogP contribution in [0.2, 0.25) is 4.47 Å². The summed E-state index contributed by atoms with van der Waals surface area (Å²) in [7, 11) is 0. The van der Waals surface area contributed by atoms with Crippen molar-refractivity contribution in [2.24, 2.45) is 0 Å². The number of halogens is 2. The van der Waals surface area contributed by atoms with Gasteiger partial charge < -0.3 is 0 Å². The quantitative estimate of drug-likeness (QED) is 0.626. The van der Waals surface area contributed by atoms with Crippen LogP contribution in [0.5, 0.6) is 0 Å². The van der Waals surface area contributed by atoms with Crippen molar-refractivity contribution in [1.29, 1.82) is 0 Å². The summed E-state index contributed by atoms with van der Waals surface area (Å²) in [5.41, 5.74) is 2.76. The largest absolute Gasteiger partial charge is 0.224 e. The van der Waals surface area contributed by atoms with Gasteiger partial charge in [-0.3, -0.25) is 0 Å². The molecule has 3 rings (SSSR count). The van der Waals surface area contributed by atoms with Crippen molar-refractivity contribution < 1.29 is 4.39 Å². The molecule has 1 aromatic heterocycles. The van der Waals surface area contributed by atoms with E-state index in [2.05, 4.69) is 4.98 Å². The molecule has 0 aliphatic heterocycles. The van der Waals surface area contributed by atoms with Crippen LogP contribution in [-0.2, 0) is 0 Å². The first-order chi connectivity index (χ1) is 9.24. The van der Waals surface area contributed by atoms with Crippen molar-refractivity contribution in [3.05, 3.63) is 64.9 Å². The Morgan fingerprint density at radius 2 is 1.58 bits per heavy atom. The lowest BCUT2D eigenvalue weighted by molar-refractivity contribution is 0.628. The maximum absolute atomic E-state index is 13.0. The van der Waals surface area contributed by atoms with Crippen molar-refractivity contribution in [3.8, 4) is 21.7 Å². The monoisotopic (exact) mass is 289 g/mol. The van der Waals surface area contributed by atoms with Crippen LogP contribution < -0.4 is 0 Å². The first-order valence-corrected chi connectivity index (χ1v) is 6.91. The highest BCUT2D eigenvalue weighted by molar-refractivity contribution is 7.19. The van der Waals surface area contributed by atoms with Gasteiger partial charge in [0, 0.05) is 5.56 Å². The molecule has 1 heterocycles. The number of hydrogen-bond donors (Lipinski definition) is 0. The molecule has 19 heavy (non-hydrogen) atoms. The standard InChI is InChI=1S/C15H9ClFNS/c16-15-18-13(10-4-2-1-3-5-10)14(19-15)11-6-8-12(17)9-7-11/h1-9H. The Morgan fingerprint density at radius 1 is 0.895 bits per heavy atom. The lowest BCUT2D eigenvalue weighted by Gasteiger charge is -2.02. The van der Waals surface area contributed by atoms with Crippen LogP contribution >= 0.6 is 22.9 Å². The summed E-state index contributed by atoms with van der Waals surface area (Å²) < 4.78 is 13.5. The van der Waals surface area contributed by atoms with E-state index in [4.69, 9.17) is 11.6 Å². The van der Waals surface area contributed by atoms with E-state index < -0.39 is 0 Å². The number of aromatic nitrogens is 1. The molecule has 0 saturated heterocycles. The summed E-state index contributed by atoms with van der Waals surface area (Å²) >= 11 is 7.43. The van der Waals surface area contributed by atoms with E-state index in [0.717, 1.165) is 21.7 Å². The van der Waals surface area contributed by atoms with Gasteiger partial charge in [-0.1, -0.05) is 54.1 Å². The van der Waals surface area contributed by atoms with Crippen LogP contribution in [0, 0.1) is 5.82 Å². The number of rotatable bonds is 2. The smallest absolute Gasteiger partial charge is 0.184 e. The van der Waals surface area contributed by atoms with Crippen LogP contribution in [0.1, 0.15) is 0 Å². The molecule has 0 radical (unpaired) electrons. The molecule has 1 nitrogen and oxygen atoms in total. The van der Waals surface area contributed by atoms with E-state index >= 15 is 0 Å². The van der Waals surface area contributed by atoms with Crippen molar-refractivity contribution in [3.63, 3.8) is 0 Å². The molecule has 0 saturated carbocycles. The van der Waals surface area contributed by atoms with Crippen molar-refractivity contribution in [1.82, 2.24) is 4.98 Å². The first kappa shape index (κ1) is 12.3. The van der Waals surface area contributed by atoms with Crippen molar-refractivity contribution in [2.75, 3.05) is 0 Å². The Labute approximate surface area is 119 Å². The highest BCUT2D eigenvalue weighted by atomic mass is 35.5. The van der Waals surface area contributed by atoms with Gasteiger partial charge in [0.15, 0.2) is 4.47 Å². The Morgan fingerprint density at radius 3 is 2.26 bits per heavy atom. The second-order valence-electron chi connectivity index (χ2n) is 4.02. The maximum atomic E-state index is 13.0. The van der Waals surface area contributed by atoms with Gasteiger partial charge in [0.25, 0.3) is 0 Å². The van der Waals surface area contributed by atoms with Gasteiger partial charge in [-0.15, -0.1) is 11.3 Å². The molecule has 4 heteroatoms. The summed E-state index contributed by atoms with van der Waals surface area (Å²) in [6.07, 6.45) is 0. The van der Waals surface area contributed by atoms with Gasteiger partial charge in [-0.05, 0) is 17.7 Å². The zero-order valence-electron chi connectivity index (χ0n) is 9.81. The topological polar surface area (TPSA) is 12.9 Å². The molecule has 0 bridgehead atoms. The van der Waals surface area contributed by atoms with Crippen LogP contribution in [0.3, 0.4) is 0 Å². The number of nitrogens with zero attached hydrogens (tertiary/aromatic N) is 1. The molecule has 0 atom stereocenters. The average Bonchev–Trinajstić information content (AvgIpc) is 2.83. The molecular weight excluding hydrogens is 281 g/mol. The highest BCUT2D eigenvalue weighted by Gasteiger charge is 2.13. The van der Waals surface area contributed by atoms with Gasteiger partial charge in [-0.2, -0.15) is 0 Å². The van der Waals surface area contributed by atoms with Crippen molar-refractivity contribution in [2.45, 2.75) is 0 Å². The second-order valence-corrected chi connectivity index (χ2v) is 5.60. The van der Waals surface area contributed by atoms with E-state index in [9.17, 15) is 4.39 Å². The predicted molar refractivity (Wildman–Crippen MR) is 78.0 cm³/mol. The zero-order valence-corrected chi connectivity index (χ0v) is 11.4. The Bertz CT molecular complexity index is 692. The van der Waals surface area contributed by atoms with Crippen LogP contribution in [0.25, 0.3) is 21.7 Å². The SMILES string of the molecule is Fc1ccc(-c2sc(Cl)nc2-c2ccccc2)cc1. The lowest BCUT2D eigenvalue weighted by Crippen LogP contribution is -1.82. The normalized spacial score (nSPS) is 10.6. The fraction of sp³-hybridized carbons (Fsp3) is 0. The fourth-order valence-electron chi connectivity index (χ4n) is 1.88. The van der Waals surface area contributed by atoms with E-state index in [1.807, 2.05) is 30.3 Å². The molecule has 0 fully saturated rings. The fourth-order valence-corrected chi connectivity index (χ4v) is 3.02. The van der Waals surface area contributed by atoms with E-state index in [1.165, 1.54) is 23.5 Å². The molecule has 0 spiro atoms. The number of hydrogen-bond acceptors (Lipinski definition) is 2. The summed E-state index contributed by atoms with van der Waals surface area (Å²) in [5, 5.41) is 0. The molecule has 2 aromatic carbocycles. The van der Waals surface area contributed by atoms with E-state index in [0.29, 0.717) is 4.47 Å². The third-order valence-corrected chi connectivity index (χ3v) is 3.96. The summed E-state index contributed by atoms with van der Waals surface area (Å²) in [6.45, 7) is 0. The molecular formula is C15H9ClFNS. The first-order valence-electron chi connectivity index (χ1n) is 5.72. The van der Waals surface area contributed by atoms with Gasteiger partial charge in [0.05, 0.1) is 10.6 Å². The van der Waals surface area contributed by atoms with Gasteiger partial charge in [0.1, 0.15) is 5.82 Å². The molecule has 0 aliphatic rings.